The molecule has 0 spiro atoms. The molecule has 0 unspecified atom stereocenters. The number of rotatable bonds is 4. The van der Waals surface area contributed by atoms with Gasteiger partial charge >= 0.3 is 8.97 Å². The molecular weight excluding hydrogens is 262 g/mol. The third-order valence-electron chi connectivity index (χ3n) is 1.47. The van der Waals surface area contributed by atoms with Crippen molar-refractivity contribution in [3.63, 3.8) is 0 Å². The average Bonchev–Trinajstić information content (AvgIpc) is 1.90. The molecule has 0 amide bonds. The largest absolute Gasteiger partial charge is 0.592 e. The normalized spacial score (nSPS) is 14.2. The fourth-order valence-electron chi connectivity index (χ4n) is 1.34. The van der Waals surface area contributed by atoms with Crippen molar-refractivity contribution < 1.29 is 13.3 Å². The van der Waals surface area contributed by atoms with Crippen molar-refractivity contribution >= 4 is 8.97 Å². The molecular formula is C12H27N3O3Si. The van der Waals surface area contributed by atoms with Gasteiger partial charge < -0.3 is 13.3 Å². The summed E-state index contributed by atoms with van der Waals surface area (Å²) < 4.78 is 21.4. The Morgan fingerprint density at radius 1 is 0.737 bits per heavy atom. The average molecular weight is 289 g/mol. The van der Waals surface area contributed by atoms with E-state index in [0.29, 0.717) is 0 Å². The van der Waals surface area contributed by atoms with Gasteiger partial charge in [0.2, 0.25) is 0 Å². The molecule has 0 atom stereocenters. The molecule has 0 aliphatic heterocycles. The van der Waals surface area contributed by atoms with E-state index in [0.717, 1.165) is 0 Å². The molecule has 7 heteroatoms. The second kappa shape index (κ2) is 5.81. The first kappa shape index (κ1) is 18.4. The molecule has 0 rings (SSSR count). The van der Waals surface area contributed by atoms with Gasteiger partial charge in [0, 0.05) is 4.91 Å². The van der Waals surface area contributed by atoms with Crippen molar-refractivity contribution in [3.8, 4) is 0 Å². The second-order valence-corrected chi connectivity index (χ2v) is 9.22. The molecule has 0 aromatic carbocycles. The Morgan fingerprint density at radius 3 is 1.16 bits per heavy atom. The Bertz CT molecular complexity index is 306. The zero-order chi connectivity index (χ0) is 15.5. The van der Waals surface area contributed by atoms with Crippen LogP contribution in [0.2, 0.25) is 0 Å². The highest BCUT2D eigenvalue weighted by molar-refractivity contribution is 6.59. The Morgan fingerprint density at radius 2 is 1.00 bits per heavy atom. The standard InChI is InChI=1S/C12H27N3O3Si/c1-10(2,3)16-19(15-14-13,17-11(4,5)6)18-12(7,8)9/h1-9H3. The summed E-state index contributed by atoms with van der Waals surface area (Å²) in [6.07, 6.45) is 0. The van der Waals surface area contributed by atoms with Crippen LogP contribution in [0.15, 0.2) is 4.78 Å². The van der Waals surface area contributed by atoms with Gasteiger partial charge in [0.05, 0.1) is 16.8 Å². The lowest BCUT2D eigenvalue weighted by Crippen LogP contribution is -2.55. The molecule has 6 nitrogen and oxygen atoms in total. The molecule has 19 heavy (non-hydrogen) atoms. The molecule has 0 saturated heterocycles. The predicted molar refractivity (Wildman–Crippen MR) is 77.4 cm³/mol. The van der Waals surface area contributed by atoms with Crippen LogP contribution < -0.4 is 0 Å². The van der Waals surface area contributed by atoms with Crippen LogP contribution in [0.3, 0.4) is 0 Å². The Kier molecular flexibility index (Phi) is 5.63. The van der Waals surface area contributed by atoms with E-state index in [9.17, 15) is 0 Å². The highest BCUT2D eigenvalue weighted by Crippen LogP contribution is 2.29. The number of azide groups is 1. The second-order valence-electron chi connectivity index (χ2n) is 7.36. The fourth-order valence-corrected chi connectivity index (χ4v) is 4.02. The summed E-state index contributed by atoms with van der Waals surface area (Å²) in [5.41, 5.74) is 7.25. The quantitative estimate of drug-likeness (QED) is 0.337. The van der Waals surface area contributed by atoms with Crippen LogP contribution in [0.1, 0.15) is 62.3 Å². The van der Waals surface area contributed by atoms with E-state index in [1.54, 1.807) is 0 Å². The van der Waals surface area contributed by atoms with Gasteiger partial charge in [-0.25, -0.2) is 0 Å². The van der Waals surface area contributed by atoms with Crippen molar-refractivity contribution in [2.24, 2.45) is 4.78 Å². The molecule has 0 aromatic rings. The first-order chi connectivity index (χ1) is 8.18. The Balaban J connectivity index is 5.54. The minimum absolute atomic E-state index is 0.531. The van der Waals surface area contributed by atoms with E-state index in [1.165, 1.54) is 0 Å². The summed E-state index contributed by atoms with van der Waals surface area (Å²) >= 11 is 0. The molecule has 0 fully saturated rings. The van der Waals surface area contributed by atoms with E-state index < -0.39 is 25.8 Å². The number of hydrogen-bond acceptors (Lipinski definition) is 4. The lowest BCUT2D eigenvalue weighted by molar-refractivity contribution is -0.0748. The van der Waals surface area contributed by atoms with Crippen molar-refractivity contribution in [1.82, 2.24) is 0 Å². The van der Waals surface area contributed by atoms with Gasteiger partial charge in [0.25, 0.3) is 0 Å². The third kappa shape index (κ3) is 9.02. The Hall–Kier alpha value is -0.593. The van der Waals surface area contributed by atoms with Crippen LogP contribution >= 0.6 is 0 Å². The maximum absolute atomic E-state index is 8.85. The summed E-state index contributed by atoms with van der Waals surface area (Å²) in [6, 6.07) is 0. The smallest absolute Gasteiger partial charge is 0.366 e. The lowest BCUT2D eigenvalue weighted by atomic mass is 10.2. The van der Waals surface area contributed by atoms with Crippen LogP contribution in [0, 0.1) is 0 Å². The van der Waals surface area contributed by atoms with Gasteiger partial charge in [-0.05, 0) is 72.6 Å². The molecule has 0 N–H and O–H groups in total. The maximum Gasteiger partial charge on any atom is 0.592 e. The number of hydrogen-bond donors (Lipinski definition) is 0. The molecule has 0 aliphatic carbocycles. The maximum atomic E-state index is 8.85. The summed E-state index contributed by atoms with van der Waals surface area (Å²) in [4.78, 5) is 2.87. The van der Waals surface area contributed by atoms with Gasteiger partial charge in [0.15, 0.2) is 0 Å². The van der Waals surface area contributed by atoms with Crippen LogP contribution in [0.25, 0.3) is 10.4 Å². The van der Waals surface area contributed by atoms with E-state index in [-0.39, 0.29) is 0 Å². The van der Waals surface area contributed by atoms with E-state index in [2.05, 4.69) is 9.69 Å². The van der Waals surface area contributed by atoms with Crippen molar-refractivity contribution in [3.05, 3.63) is 10.4 Å². The fraction of sp³-hybridized carbons (Fsp3) is 1.00. The van der Waals surface area contributed by atoms with Gasteiger partial charge in [-0.1, -0.05) is 0 Å². The molecule has 0 aromatic heterocycles. The number of nitrogens with zero attached hydrogens (tertiary/aromatic N) is 3. The monoisotopic (exact) mass is 289 g/mol. The predicted octanol–water partition coefficient (Wildman–Crippen LogP) is 4.18. The van der Waals surface area contributed by atoms with Crippen molar-refractivity contribution in [1.29, 1.82) is 0 Å². The van der Waals surface area contributed by atoms with Gasteiger partial charge in [-0.2, -0.15) is 0 Å². The van der Waals surface area contributed by atoms with Gasteiger partial charge in [0.1, 0.15) is 0 Å². The van der Waals surface area contributed by atoms with E-state index >= 15 is 0 Å². The highest BCUT2D eigenvalue weighted by atomic mass is 28.4. The molecule has 0 radical (unpaired) electrons. The summed E-state index contributed by atoms with van der Waals surface area (Å²) in [6.45, 7) is 16.9. The van der Waals surface area contributed by atoms with Crippen LogP contribution in [0.4, 0.5) is 0 Å². The first-order valence-corrected chi connectivity index (χ1v) is 8.02. The molecule has 0 heterocycles. The van der Waals surface area contributed by atoms with Crippen LogP contribution in [-0.4, -0.2) is 25.8 Å². The molecule has 112 valence electrons. The first-order valence-electron chi connectivity index (χ1n) is 6.35. The van der Waals surface area contributed by atoms with Gasteiger partial charge in [-0.15, -0.1) is 0 Å². The minimum atomic E-state index is -3.49. The van der Waals surface area contributed by atoms with Crippen LogP contribution in [0.5, 0.6) is 0 Å². The Labute approximate surface area is 117 Å². The molecule has 0 aliphatic rings. The SMILES string of the molecule is CC(C)(C)O[Si](N=[N+]=[N-])(OC(C)(C)C)OC(C)(C)C. The van der Waals surface area contributed by atoms with E-state index in [4.69, 9.17) is 18.8 Å². The molecule has 0 saturated carbocycles. The topological polar surface area (TPSA) is 76.5 Å². The summed E-state index contributed by atoms with van der Waals surface area (Å²) in [7, 11) is -3.49. The summed E-state index contributed by atoms with van der Waals surface area (Å²) in [5.74, 6) is 0. The zero-order valence-corrected chi connectivity index (χ0v) is 14.6. The van der Waals surface area contributed by atoms with Gasteiger partial charge in [-0.3, -0.25) is 0 Å². The van der Waals surface area contributed by atoms with Crippen molar-refractivity contribution in [2.75, 3.05) is 0 Å². The lowest BCUT2D eigenvalue weighted by Gasteiger charge is -2.40. The highest BCUT2D eigenvalue weighted by Gasteiger charge is 2.50. The van der Waals surface area contributed by atoms with Crippen LogP contribution in [-0.2, 0) is 13.3 Å². The summed E-state index contributed by atoms with van der Waals surface area (Å²) in [5, 5.41) is 0. The molecule has 0 bridgehead atoms. The van der Waals surface area contributed by atoms with E-state index in [1.807, 2.05) is 62.3 Å². The minimum Gasteiger partial charge on any atom is -0.366 e. The van der Waals surface area contributed by atoms with Crippen molar-refractivity contribution in [2.45, 2.75) is 79.1 Å². The third-order valence-corrected chi connectivity index (χ3v) is 4.42. The zero-order valence-electron chi connectivity index (χ0n) is 13.6.